The third kappa shape index (κ3) is 6.62. The number of amides is 1. The van der Waals surface area contributed by atoms with Gasteiger partial charge in [0.05, 0.1) is 12.2 Å². The highest BCUT2D eigenvalue weighted by Crippen LogP contribution is 2.12. The monoisotopic (exact) mass is 396 g/mol. The molecule has 1 aromatic carbocycles. The predicted octanol–water partition coefficient (Wildman–Crippen LogP) is 2.72. The Bertz CT molecular complexity index is 786. The Hall–Kier alpha value is -2.83. The number of benzene rings is 1. The van der Waals surface area contributed by atoms with Crippen molar-refractivity contribution in [1.82, 2.24) is 25.3 Å². The summed E-state index contributed by atoms with van der Waals surface area (Å²) in [5.74, 6) is 1.11. The Balaban J connectivity index is 1.49. The SMILES string of the molecule is CCNC(=NCc1cccc(-n2cccn2)c1)NCCCN1CCCCCC1=O. The number of likely N-dealkylation sites (tertiary alicyclic amines) is 1. The van der Waals surface area contributed by atoms with Crippen LogP contribution in [0, 0.1) is 0 Å². The molecule has 2 N–H and O–H groups in total. The second-order valence-corrected chi connectivity index (χ2v) is 7.29. The van der Waals surface area contributed by atoms with Crippen molar-refractivity contribution in [2.45, 2.75) is 45.6 Å². The highest BCUT2D eigenvalue weighted by atomic mass is 16.2. The van der Waals surface area contributed by atoms with Gasteiger partial charge in [0.1, 0.15) is 0 Å². The molecule has 1 aromatic heterocycles. The van der Waals surface area contributed by atoms with E-state index in [1.54, 1.807) is 6.20 Å². The Morgan fingerprint density at radius 2 is 2.14 bits per heavy atom. The number of aromatic nitrogens is 2. The molecule has 0 atom stereocenters. The molecule has 1 aliphatic heterocycles. The molecule has 0 aliphatic carbocycles. The topological polar surface area (TPSA) is 74.6 Å². The molecule has 29 heavy (non-hydrogen) atoms. The lowest BCUT2D eigenvalue weighted by Crippen LogP contribution is -2.39. The number of nitrogens with zero attached hydrogens (tertiary/aromatic N) is 4. The van der Waals surface area contributed by atoms with Crippen LogP contribution in [0.2, 0.25) is 0 Å². The molecule has 1 aliphatic rings. The van der Waals surface area contributed by atoms with Crippen LogP contribution < -0.4 is 10.6 Å². The fraction of sp³-hybridized carbons (Fsp3) is 0.500. The van der Waals surface area contributed by atoms with Crippen molar-refractivity contribution < 1.29 is 4.79 Å². The van der Waals surface area contributed by atoms with Crippen LogP contribution in [0.15, 0.2) is 47.7 Å². The normalized spacial score (nSPS) is 15.3. The summed E-state index contributed by atoms with van der Waals surface area (Å²) in [6.07, 6.45) is 8.66. The van der Waals surface area contributed by atoms with Crippen LogP contribution in [0.25, 0.3) is 5.69 Å². The van der Waals surface area contributed by atoms with Crippen LogP contribution in [0.5, 0.6) is 0 Å². The lowest BCUT2D eigenvalue weighted by Gasteiger charge is -2.20. The smallest absolute Gasteiger partial charge is 0.222 e. The lowest BCUT2D eigenvalue weighted by atomic mass is 10.2. The standard InChI is InChI=1S/C22H32N6O/c1-2-23-22(24-12-7-15-27-14-5-3-4-11-21(27)29)25-18-19-9-6-10-20(17-19)28-16-8-13-26-28/h6,8-10,13,16-17H,2-5,7,11-12,14-15,18H2,1H3,(H2,23,24,25). The second-order valence-electron chi connectivity index (χ2n) is 7.29. The van der Waals surface area contributed by atoms with E-state index in [2.05, 4.69) is 34.8 Å². The molecule has 0 radical (unpaired) electrons. The number of hydrogen-bond acceptors (Lipinski definition) is 3. The van der Waals surface area contributed by atoms with Crippen LogP contribution in [0.1, 0.15) is 44.6 Å². The maximum atomic E-state index is 12.1. The van der Waals surface area contributed by atoms with Gasteiger partial charge >= 0.3 is 0 Å². The molecule has 1 amide bonds. The van der Waals surface area contributed by atoms with Gasteiger partial charge in [-0.05, 0) is 49.9 Å². The van der Waals surface area contributed by atoms with Gasteiger partial charge in [0, 0.05) is 45.0 Å². The van der Waals surface area contributed by atoms with E-state index in [-0.39, 0.29) is 0 Å². The number of aliphatic imine (C=N–C) groups is 1. The number of carbonyl (C=O) groups excluding carboxylic acids is 1. The Labute approximate surface area is 173 Å². The molecule has 0 saturated carbocycles. The summed E-state index contributed by atoms with van der Waals surface area (Å²) >= 11 is 0. The zero-order valence-electron chi connectivity index (χ0n) is 17.3. The van der Waals surface area contributed by atoms with Crippen LogP contribution in [0.3, 0.4) is 0 Å². The van der Waals surface area contributed by atoms with Gasteiger partial charge < -0.3 is 15.5 Å². The van der Waals surface area contributed by atoms with E-state index in [1.807, 2.05) is 34.0 Å². The average Bonchev–Trinajstić information content (AvgIpc) is 3.20. The first-order chi connectivity index (χ1) is 14.3. The summed E-state index contributed by atoms with van der Waals surface area (Å²) in [7, 11) is 0. The molecule has 3 rings (SSSR count). The first-order valence-corrected chi connectivity index (χ1v) is 10.6. The van der Waals surface area contributed by atoms with E-state index in [4.69, 9.17) is 4.99 Å². The molecule has 156 valence electrons. The van der Waals surface area contributed by atoms with Crippen molar-refractivity contribution >= 4 is 11.9 Å². The molecule has 1 fully saturated rings. The van der Waals surface area contributed by atoms with Gasteiger partial charge in [0.2, 0.25) is 5.91 Å². The minimum absolute atomic E-state index is 0.306. The summed E-state index contributed by atoms with van der Waals surface area (Å²) in [5, 5.41) is 11.0. The number of nitrogens with one attached hydrogen (secondary N) is 2. The first kappa shape index (κ1) is 20.9. The zero-order valence-corrected chi connectivity index (χ0v) is 17.3. The lowest BCUT2D eigenvalue weighted by molar-refractivity contribution is -0.130. The summed E-state index contributed by atoms with van der Waals surface area (Å²) in [4.78, 5) is 18.8. The molecule has 7 nitrogen and oxygen atoms in total. The number of hydrogen-bond donors (Lipinski definition) is 2. The summed E-state index contributed by atoms with van der Waals surface area (Å²) in [5.41, 5.74) is 2.16. The third-order valence-electron chi connectivity index (χ3n) is 5.01. The average molecular weight is 397 g/mol. The van der Waals surface area contributed by atoms with E-state index >= 15 is 0 Å². The van der Waals surface area contributed by atoms with E-state index in [9.17, 15) is 4.79 Å². The molecular formula is C22H32N6O. The van der Waals surface area contributed by atoms with E-state index in [1.165, 1.54) is 6.42 Å². The minimum Gasteiger partial charge on any atom is -0.357 e. The quantitative estimate of drug-likeness (QED) is 0.409. The van der Waals surface area contributed by atoms with Crippen LogP contribution in [0.4, 0.5) is 0 Å². The first-order valence-electron chi connectivity index (χ1n) is 10.6. The number of rotatable bonds is 8. The molecule has 1 saturated heterocycles. The highest BCUT2D eigenvalue weighted by Gasteiger charge is 2.15. The van der Waals surface area contributed by atoms with Crippen LogP contribution >= 0.6 is 0 Å². The molecule has 0 spiro atoms. The van der Waals surface area contributed by atoms with Gasteiger partial charge in [-0.2, -0.15) is 5.10 Å². The van der Waals surface area contributed by atoms with Crippen molar-refractivity contribution in [3.8, 4) is 5.69 Å². The largest absolute Gasteiger partial charge is 0.357 e. The van der Waals surface area contributed by atoms with E-state index in [0.717, 1.165) is 62.7 Å². The van der Waals surface area contributed by atoms with Crippen LogP contribution in [-0.2, 0) is 11.3 Å². The van der Waals surface area contributed by atoms with Crippen molar-refractivity contribution in [3.05, 3.63) is 48.3 Å². The van der Waals surface area contributed by atoms with Gasteiger partial charge in [-0.25, -0.2) is 9.67 Å². The van der Waals surface area contributed by atoms with Gasteiger partial charge in [-0.1, -0.05) is 18.6 Å². The molecule has 0 unspecified atom stereocenters. The molecule has 2 heterocycles. The maximum Gasteiger partial charge on any atom is 0.222 e. The summed E-state index contributed by atoms with van der Waals surface area (Å²) in [6.45, 7) is 5.98. The maximum absolute atomic E-state index is 12.1. The Kier molecular flexibility index (Phi) is 8.10. The van der Waals surface area contributed by atoms with Gasteiger partial charge in [0.15, 0.2) is 5.96 Å². The summed E-state index contributed by atoms with van der Waals surface area (Å²) in [6, 6.07) is 10.2. The van der Waals surface area contributed by atoms with Gasteiger partial charge in [0.25, 0.3) is 0 Å². The summed E-state index contributed by atoms with van der Waals surface area (Å²) < 4.78 is 1.85. The van der Waals surface area contributed by atoms with E-state index in [0.29, 0.717) is 18.9 Å². The number of carbonyl (C=O) groups is 1. The second kappa shape index (κ2) is 11.2. The Morgan fingerprint density at radius 1 is 1.21 bits per heavy atom. The fourth-order valence-corrected chi connectivity index (χ4v) is 3.48. The van der Waals surface area contributed by atoms with E-state index < -0.39 is 0 Å². The molecular weight excluding hydrogens is 364 g/mol. The number of guanidine groups is 1. The minimum atomic E-state index is 0.306. The van der Waals surface area contributed by atoms with Crippen molar-refractivity contribution in [3.63, 3.8) is 0 Å². The van der Waals surface area contributed by atoms with Crippen LogP contribution in [-0.4, -0.2) is 52.7 Å². The van der Waals surface area contributed by atoms with Gasteiger partial charge in [-0.15, -0.1) is 0 Å². The van der Waals surface area contributed by atoms with Crippen molar-refractivity contribution in [2.75, 3.05) is 26.2 Å². The van der Waals surface area contributed by atoms with Gasteiger partial charge in [-0.3, -0.25) is 4.79 Å². The Morgan fingerprint density at radius 3 is 2.97 bits per heavy atom. The zero-order chi connectivity index (χ0) is 20.3. The van der Waals surface area contributed by atoms with Crippen molar-refractivity contribution in [2.24, 2.45) is 4.99 Å². The van der Waals surface area contributed by atoms with Crippen molar-refractivity contribution in [1.29, 1.82) is 0 Å². The third-order valence-corrected chi connectivity index (χ3v) is 5.01. The molecule has 7 heteroatoms. The fourth-order valence-electron chi connectivity index (χ4n) is 3.48. The highest BCUT2D eigenvalue weighted by molar-refractivity contribution is 5.79. The predicted molar refractivity (Wildman–Crippen MR) is 116 cm³/mol. The molecule has 2 aromatic rings. The molecule has 0 bridgehead atoms.